The van der Waals surface area contributed by atoms with Crippen LogP contribution in [0.2, 0.25) is 0 Å². The lowest BCUT2D eigenvalue weighted by molar-refractivity contribution is -0.192. The lowest BCUT2D eigenvalue weighted by atomic mass is 10.0. The number of amides is 1. The number of aliphatic carboxylic acids is 1. The highest BCUT2D eigenvalue weighted by molar-refractivity contribution is 5.77. The van der Waals surface area contributed by atoms with E-state index in [0.29, 0.717) is 13.1 Å². The molecule has 0 unspecified atom stereocenters. The summed E-state index contributed by atoms with van der Waals surface area (Å²) in [4.78, 5) is 28.7. The number of nitrogens with zero attached hydrogens (tertiary/aromatic N) is 3. The Kier molecular flexibility index (Phi) is 10.2. The van der Waals surface area contributed by atoms with Gasteiger partial charge in [-0.25, -0.2) is 14.8 Å². The van der Waals surface area contributed by atoms with E-state index in [4.69, 9.17) is 9.90 Å². The number of alkyl halides is 3. The Morgan fingerprint density at radius 1 is 1.16 bits per heavy atom. The second-order valence-corrected chi connectivity index (χ2v) is 6.74. The van der Waals surface area contributed by atoms with Gasteiger partial charge in [0, 0.05) is 18.3 Å². The highest BCUT2D eigenvalue weighted by Gasteiger charge is 2.38. The number of benzene rings is 1. The number of carbonyl (C=O) groups is 2. The number of likely N-dealkylation sites (N-methyl/N-ethyl adjacent to an activating group) is 1. The van der Waals surface area contributed by atoms with Gasteiger partial charge in [0.2, 0.25) is 11.7 Å². The number of nitrogens with one attached hydrogen (secondary N) is 2. The molecule has 1 aromatic carbocycles. The number of hydrogen-bond acceptors (Lipinski definition) is 6. The second-order valence-electron chi connectivity index (χ2n) is 6.74. The molecule has 0 spiro atoms. The number of aromatic nitrogens is 2. The molecule has 0 aliphatic carbocycles. The van der Waals surface area contributed by atoms with Gasteiger partial charge in [-0.15, -0.1) is 0 Å². The molecule has 1 aromatic heterocycles. The van der Waals surface area contributed by atoms with Crippen LogP contribution in [0.4, 0.5) is 13.2 Å². The molecule has 0 saturated heterocycles. The molecule has 0 fully saturated rings. The van der Waals surface area contributed by atoms with Crippen molar-refractivity contribution in [3.63, 3.8) is 0 Å². The summed E-state index contributed by atoms with van der Waals surface area (Å²) in [5.41, 5.74) is 5.00. The molecule has 2 rings (SSSR count). The molecule has 11 heteroatoms. The van der Waals surface area contributed by atoms with Crippen LogP contribution in [-0.2, 0) is 16.0 Å². The summed E-state index contributed by atoms with van der Waals surface area (Å²) in [5, 5.41) is 22.0. The van der Waals surface area contributed by atoms with Crippen LogP contribution < -0.4 is 10.6 Å². The first-order valence-electron chi connectivity index (χ1n) is 9.55. The maximum absolute atomic E-state index is 11.2. The fourth-order valence-electron chi connectivity index (χ4n) is 2.41. The highest BCUT2D eigenvalue weighted by atomic mass is 19.4. The molecule has 0 saturated carbocycles. The summed E-state index contributed by atoms with van der Waals surface area (Å²) in [7, 11) is 1.61. The molecule has 2 aromatic rings. The molecule has 0 atom stereocenters. The standard InChI is InChI=1S/C19H23N5O.C2HF3O2/c1-13-6-7-15(9-14(13)2)17-10-16(23-18(11-20)24-17)5-4-8-22-12-19(25)21-3;3-2(4,5)1(6)7/h6-7,9-10,22H,4-5,8,12H2,1-3H3,(H,21,25);(H,6,7). The molecular weight excluding hydrogens is 427 g/mol. The van der Waals surface area contributed by atoms with Gasteiger partial charge in [0.05, 0.1) is 12.2 Å². The van der Waals surface area contributed by atoms with Crippen LogP contribution in [0, 0.1) is 25.2 Å². The molecule has 1 heterocycles. The van der Waals surface area contributed by atoms with Crippen molar-refractivity contribution in [3.05, 3.63) is 46.9 Å². The predicted octanol–water partition coefficient (Wildman–Crippen LogP) is 2.53. The first kappa shape index (κ1) is 26.5. The molecule has 0 aliphatic heterocycles. The van der Waals surface area contributed by atoms with Crippen molar-refractivity contribution in [1.29, 1.82) is 5.26 Å². The lowest BCUT2D eigenvalue weighted by Crippen LogP contribution is -2.31. The normalized spacial score (nSPS) is 10.5. The molecule has 8 nitrogen and oxygen atoms in total. The number of hydrogen-bond donors (Lipinski definition) is 3. The van der Waals surface area contributed by atoms with E-state index in [9.17, 15) is 23.2 Å². The summed E-state index contributed by atoms with van der Waals surface area (Å²) in [6.07, 6.45) is -3.54. The van der Waals surface area contributed by atoms with E-state index < -0.39 is 12.1 Å². The molecule has 1 amide bonds. The molecular formula is C21H24F3N5O3. The van der Waals surface area contributed by atoms with Gasteiger partial charge in [-0.05, 0) is 56.5 Å². The van der Waals surface area contributed by atoms with Crippen molar-refractivity contribution in [3.8, 4) is 17.3 Å². The van der Waals surface area contributed by atoms with Gasteiger partial charge in [-0.2, -0.15) is 18.4 Å². The van der Waals surface area contributed by atoms with Crippen molar-refractivity contribution in [2.75, 3.05) is 20.1 Å². The second kappa shape index (κ2) is 12.4. The number of halogens is 3. The minimum Gasteiger partial charge on any atom is -0.475 e. The van der Waals surface area contributed by atoms with Gasteiger partial charge < -0.3 is 15.7 Å². The summed E-state index contributed by atoms with van der Waals surface area (Å²) in [6.45, 7) is 5.14. The van der Waals surface area contributed by atoms with Crippen molar-refractivity contribution in [2.45, 2.75) is 32.9 Å². The third kappa shape index (κ3) is 9.09. The number of carboxylic acid groups (broad SMARTS) is 1. The topological polar surface area (TPSA) is 128 Å². The van der Waals surface area contributed by atoms with Gasteiger partial charge in [0.15, 0.2) is 0 Å². The van der Waals surface area contributed by atoms with Crippen LogP contribution in [0.5, 0.6) is 0 Å². The quantitative estimate of drug-likeness (QED) is 0.552. The average molecular weight is 451 g/mol. The SMILES string of the molecule is CNC(=O)CNCCCc1cc(-c2ccc(C)c(C)c2)nc(C#N)n1.O=C(O)C(F)(F)F. The van der Waals surface area contributed by atoms with Gasteiger partial charge in [0.1, 0.15) is 6.07 Å². The first-order valence-corrected chi connectivity index (χ1v) is 9.55. The number of aryl methyl sites for hydroxylation is 3. The van der Waals surface area contributed by atoms with E-state index >= 15 is 0 Å². The largest absolute Gasteiger partial charge is 0.490 e. The highest BCUT2D eigenvalue weighted by Crippen LogP contribution is 2.21. The fraction of sp³-hybridized carbons (Fsp3) is 0.381. The third-order valence-corrected chi connectivity index (χ3v) is 4.28. The molecule has 172 valence electrons. The lowest BCUT2D eigenvalue weighted by Gasteiger charge is -2.08. The van der Waals surface area contributed by atoms with E-state index in [1.165, 1.54) is 11.1 Å². The molecule has 0 radical (unpaired) electrons. The van der Waals surface area contributed by atoms with Crippen molar-refractivity contribution < 1.29 is 27.9 Å². The Morgan fingerprint density at radius 2 is 1.81 bits per heavy atom. The summed E-state index contributed by atoms with van der Waals surface area (Å²) in [6, 6.07) is 10.1. The Hall–Kier alpha value is -3.52. The van der Waals surface area contributed by atoms with Crippen LogP contribution in [0.1, 0.15) is 29.1 Å². The monoisotopic (exact) mass is 451 g/mol. The van der Waals surface area contributed by atoms with E-state index in [1.807, 2.05) is 18.2 Å². The van der Waals surface area contributed by atoms with Gasteiger partial charge in [0.25, 0.3) is 0 Å². The molecule has 0 aliphatic rings. The average Bonchev–Trinajstić information content (AvgIpc) is 2.74. The zero-order valence-electron chi connectivity index (χ0n) is 17.9. The fourth-order valence-corrected chi connectivity index (χ4v) is 2.41. The zero-order chi connectivity index (χ0) is 24.3. The Balaban J connectivity index is 0.000000633. The molecule has 0 bridgehead atoms. The summed E-state index contributed by atoms with van der Waals surface area (Å²) < 4.78 is 31.7. The minimum absolute atomic E-state index is 0.0363. The van der Waals surface area contributed by atoms with Crippen LogP contribution in [0.3, 0.4) is 0 Å². The Morgan fingerprint density at radius 3 is 2.34 bits per heavy atom. The van der Waals surface area contributed by atoms with Gasteiger partial charge in [-0.3, -0.25) is 4.79 Å². The van der Waals surface area contributed by atoms with Gasteiger partial charge >= 0.3 is 12.1 Å². The van der Waals surface area contributed by atoms with Crippen molar-refractivity contribution in [2.24, 2.45) is 0 Å². The van der Waals surface area contributed by atoms with Crippen LogP contribution in [-0.4, -0.2) is 53.3 Å². The number of nitriles is 1. The maximum Gasteiger partial charge on any atom is 0.490 e. The van der Waals surface area contributed by atoms with E-state index in [2.05, 4.69) is 46.6 Å². The third-order valence-electron chi connectivity index (χ3n) is 4.28. The number of carboxylic acids is 1. The van der Waals surface area contributed by atoms with E-state index in [0.717, 1.165) is 29.8 Å². The van der Waals surface area contributed by atoms with Crippen LogP contribution in [0.15, 0.2) is 24.3 Å². The zero-order valence-corrected chi connectivity index (χ0v) is 17.9. The Labute approximate surface area is 183 Å². The van der Waals surface area contributed by atoms with Crippen molar-refractivity contribution >= 4 is 11.9 Å². The van der Waals surface area contributed by atoms with E-state index in [1.54, 1.807) is 7.05 Å². The van der Waals surface area contributed by atoms with Crippen molar-refractivity contribution in [1.82, 2.24) is 20.6 Å². The summed E-state index contributed by atoms with van der Waals surface area (Å²) >= 11 is 0. The van der Waals surface area contributed by atoms with Crippen LogP contribution >= 0.6 is 0 Å². The number of rotatable bonds is 7. The Bertz CT molecular complexity index is 988. The molecule has 3 N–H and O–H groups in total. The summed E-state index contributed by atoms with van der Waals surface area (Å²) in [5.74, 6) is -2.61. The predicted molar refractivity (Wildman–Crippen MR) is 111 cm³/mol. The molecule has 32 heavy (non-hydrogen) atoms. The van der Waals surface area contributed by atoms with E-state index in [-0.39, 0.29) is 11.7 Å². The smallest absolute Gasteiger partial charge is 0.475 e. The van der Waals surface area contributed by atoms with Crippen LogP contribution in [0.25, 0.3) is 11.3 Å². The first-order chi connectivity index (χ1) is 15.0. The van der Waals surface area contributed by atoms with Gasteiger partial charge in [-0.1, -0.05) is 12.1 Å². The maximum atomic E-state index is 11.2. The minimum atomic E-state index is -5.08. The number of carbonyl (C=O) groups excluding carboxylic acids is 1.